The molecule has 0 aromatic heterocycles. The van der Waals surface area contributed by atoms with E-state index in [2.05, 4.69) is 17.9 Å². The molecule has 0 radical (unpaired) electrons. The maximum absolute atomic E-state index is 11.4. The molecule has 14 heavy (non-hydrogen) atoms. The number of aliphatic hydroxyl groups is 1. The van der Waals surface area contributed by atoms with Crippen molar-refractivity contribution in [2.24, 2.45) is 5.92 Å². The highest BCUT2D eigenvalue weighted by molar-refractivity contribution is 7.81. The van der Waals surface area contributed by atoms with Crippen molar-refractivity contribution in [2.75, 3.05) is 6.54 Å². The summed E-state index contributed by atoms with van der Waals surface area (Å²) in [5.74, 6) is 0.226. The fourth-order valence-corrected chi connectivity index (χ4v) is 1.11. The average molecular weight is 219 g/mol. The molecule has 2 N–H and O–H groups in total. The third-order valence-corrected chi connectivity index (χ3v) is 2.83. The fraction of sp³-hybridized carbons (Fsp3) is 0.900. The molecule has 0 saturated heterocycles. The molecular formula is C10H21NO2S. The Hall–Kier alpha value is -0.220. The van der Waals surface area contributed by atoms with Gasteiger partial charge in [-0.15, -0.1) is 0 Å². The summed E-state index contributed by atoms with van der Waals surface area (Å²) in [6.45, 7) is 6.30. The summed E-state index contributed by atoms with van der Waals surface area (Å²) in [4.78, 5) is 11.4. The van der Waals surface area contributed by atoms with Crippen molar-refractivity contribution >= 4 is 18.5 Å². The fourth-order valence-electron chi connectivity index (χ4n) is 1.02. The van der Waals surface area contributed by atoms with Gasteiger partial charge in [0.15, 0.2) is 0 Å². The van der Waals surface area contributed by atoms with E-state index in [0.29, 0.717) is 6.54 Å². The van der Waals surface area contributed by atoms with Crippen LogP contribution in [0.2, 0.25) is 0 Å². The first kappa shape index (κ1) is 13.8. The summed E-state index contributed by atoms with van der Waals surface area (Å²) in [5, 5.41) is 11.5. The van der Waals surface area contributed by atoms with Gasteiger partial charge in [0.2, 0.25) is 5.91 Å². The van der Waals surface area contributed by atoms with Gasteiger partial charge in [-0.25, -0.2) is 0 Å². The van der Waals surface area contributed by atoms with Crippen LogP contribution in [0, 0.1) is 5.92 Å². The van der Waals surface area contributed by atoms with Crippen LogP contribution in [-0.4, -0.2) is 28.9 Å². The Balaban J connectivity index is 3.54. The monoisotopic (exact) mass is 219 g/mol. The first-order valence-electron chi connectivity index (χ1n) is 5.09. The highest BCUT2D eigenvalue weighted by Gasteiger charge is 2.16. The lowest BCUT2D eigenvalue weighted by Crippen LogP contribution is -2.35. The number of thiol groups is 1. The summed E-state index contributed by atoms with van der Waals surface area (Å²) >= 11 is 4.20. The molecule has 0 spiro atoms. The van der Waals surface area contributed by atoms with Crippen molar-refractivity contribution in [1.82, 2.24) is 5.32 Å². The van der Waals surface area contributed by atoms with Gasteiger partial charge in [-0.2, -0.15) is 12.6 Å². The maximum Gasteiger partial charge on any atom is 0.233 e. The maximum atomic E-state index is 11.4. The minimum absolute atomic E-state index is 0.0195. The smallest absolute Gasteiger partial charge is 0.233 e. The molecule has 0 aromatic carbocycles. The summed E-state index contributed by atoms with van der Waals surface area (Å²) in [7, 11) is 0. The van der Waals surface area contributed by atoms with Gasteiger partial charge in [0.1, 0.15) is 0 Å². The molecule has 1 amide bonds. The molecule has 0 aliphatic heterocycles. The van der Waals surface area contributed by atoms with E-state index in [1.165, 1.54) is 0 Å². The highest BCUT2D eigenvalue weighted by Crippen LogP contribution is 2.08. The number of aliphatic hydroxyl groups excluding tert-OH is 1. The van der Waals surface area contributed by atoms with Crippen molar-refractivity contribution in [3.05, 3.63) is 0 Å². The second-order valence-corrected chi connectivity index (χ2v) is 4.53. The summed E-state index contributed by atoms with van der Waals surface area (Å²) in [5.41, 5.74) is 0. The third kappa shape index (κ3) is 6.27. The largest absolute Gasteiger partial charge is 0.393 e. The van der Waals surface area contributed by atoms with Crippen LogP contribution >= 0.6 is 12.6 Å². The van der Waals surface area contributed by atoms with E-state index in [1.54, 1.807) is 6.92 Å². The van der Waals surface area contributed by atoms with Gasteiger partial charge in [-0.1, -0.05) is 13.8 Å². The Bertz CT molecular complexity index is 172. The lowest BCUT2D eigenvalue weighted by Gasteiger charge is -2.14. The second kappa shape index (κ2) is 7.12. The highest BCUT2D eigenvalue weighted by atomic mass is 32.1. The predicted octanol–water partition coefficient (Wildman–Crippen LogP) is 1.22. The topological polar surface area (TPSA) is 49.3 Å². The van der Waals surface area contributed by atoms with E-state index in [4.69, 9.17) is 5.11 Å². The molecule has 0 aliphatic rings. The van der Waals surface area contributed by atoms with Crippen LogP contribution in [0.15, 0.2) is 0 Å². The molecule has 0 heterocycles. The Morgan fingerprint density at radius 2 is 2.00 bits per heavy atom. The number of nitrogens with one attached hydrogen (secondary N) is 1. The zero-order chi connectivity index (χ0) is 11.1. The first-order chi connectivity index (χ1) is 6.45. The van der Waals surface area contributed by atoms with Gasteiger partial charge in [0, 0.05) is 6.54 Å². The number of amides is 1. The van der Waals surface area contributed by atoms with Gasteiger partial charge in [-0.05, 0) is 25.7 Å². The molecule has 2 atom stereocenters. The minimum Gasteiger partial charge on any atom is -0.393 e. The summed E-state index contributed by atoms with van der Waals surface area (Å²) in [6.07, 6.45) is 1.24. The van der Waals surface area contributed by atoms with E-state index < -0.39 is 0 Å². The van der Waals surface area contributed by atoms with Crippen LogP contribution in [-0.2, 0) is 4.79 Å². The molecule has 0 fully saturated rings. The van der Waals surface area contributed by atoms with Gasteiger partial charge < -0.3 is 10.4 Å². The molecule has 0 aliphatic carbocycles. The Morgan fingerprint density at radius 1 is 1.43 bits per heavy atom. The number of rotatable bonds is 6. The minimum atomic E-state index is -0.288. The molecule has 0 saturated carbocycles. The standard InChI is InChI=1S/C10H21NO2S/c1-7(2)9(14)10(13)11-6-4-5-8(3)12/h7-9,12,14H,4-6H2,1-3H3,(H,11,13). The Kier molecular flexibility index (Phi) is 7.01. The van der Waals surface area contributed by atoms with E-state index >= 15 is 0 Å². The SMILES string of the molecule is CC(O)CCCNC(=O)C(S)C(C)C. The normalized spacial score (nSPS) is 15.3. The summed E-state index contributed by atoms with van der Waals surface area (Å²) in [6, 6.07) is 0. The first-order valence-corrected chi connectivity index (χ1v) is 5.60. The lowest BCUT2D eigenvalue weighted by atomic mass is 10.1. The Morgan fingerprint density at radius 3 is 2.43 bits per heavy atom. The van der Waals surface area contributed by atoms with Crippen LogP contribution in [0.3, 0.4) is 0 Å². The zero-order valence-electron chi connectivity index (χ0n) is 9.16. The summed E-state index contributed by atoms with van der Waals surface area (Å²) < 4.78 is 0. The van der Waals surface area contributed by atoms with Gasteiger partial charge in [0.25, 0.3) is 0 Å². The van der Waals surface area contributed by atoms with E-state index in [9.17, 15) is 4.79 Å². The molecule has 84 valence electrons. The number of carbonyl (C=O) groups is 1. The molecule has 3 nitrogen and oxygen atoms in total. The van der Waals surface area contributed by atoms with E-state index in [1.807, 2.05) is 13.8 Å². The van der Waals surface area contributed by atoms with Crippen LogP contribution < -0.4 is 5.32 Å². The van der Waals surface area contributed by atoms with E-state index in [-0.39, 0.29) is 23.2 Å². The quantitative estimate of drug-likeness (QED) is 0.465. The molecule has 2 unspecified atom stereocenters. The molecular weight excluding hydrogens is 198 g/mol. The average Bonchev–Trinajstić information content (AvgIpc) is 2.10. The van der Waals surface area contributed by atoms with Crippen LogP contribution in [0.4, 0.5) is 0 Å². The van der Waals surface area contributed by atoms with Gasteiger partial charge in [-0.3, -0.25) is 4.79 Å². The van der Waals surface area contributed by atoms with Crippen molar-refractivity contribution in [3.8, 4) is 0 Å². The van der Waals surface area contributed by atoms with Crippen LogP contribution in [0.25, 0.3) is 0 Å². The molecule has 0 bridgehead atoms. The van der Waals surface area contributed by atoms with Gasteiger partial charge >= 0.3 is 0 Å². The van der Waals surface area contributed by atoms with E-state index in [0.717, 1.165) is 12.8 Å². The van der Waals surface area contributed by atoms with Crippen molar-refractivity contribution < 1.29 is 9.90 Å². The predicted molar refractivity (Wildman–Crippen MR) is 61.5 cm³/mol. The zero-order valence-corrected chi connectivity index (χ0v) is 10.1. The van der Waals surface area contributed by atoms with Crippen molar-refractivity contribution in [2.45, 2.75) is 45.0 Å². The van der Waals surface area contributed by atoms with Crippen molar-refractivity contribution in [3.63, 3.8) is 0 Å². The Labute approximate surface area is 91.7 Å². The number of carbonyl (C=O) groups excluding carboxylic acids is 1. The lowest BCUT2D eigenvalue weighted by molar-refractivity contribution is -0.121. The van der Waals surface area contributed by atoms with Crippen LogP contribution in [0.5, 0.6) is 0 Å². The van der Waals surface area contributed by atoms with Crippen molar-refractivity contribution in [1.29, 1.82) is 0 Å². The number of hydrogen-bond donors (Lipinski definition) is 3. The number of hydrogen-bond acceptors (Lipinski definition) is 3. The second-order valence-electron chi connectivity index (χ2n) is 3.97. The van der Waals surface area contributed by atoms with Gasteiger partial charge in [0.05, 0.1) is 11.4 Å². The van der Waals surface area contributed by atoms with Crippen LogP contribution in [0.1, 0.15) is 33.6 Å². The molecule has 0 rings (SSSR count). The third-order valence-electron chi connectivity index (χ3n) is 2.00. The molecule has 4 heteroatoms. The molecule has 0 aromatic rings.